The molecule has 1 N–H and O–H groups in total. The first-order valence-corrected chi connectivity index (χ1v) is 8.87. The average Bonchev–Trinajstić information content (AvgIpc) is 3.14. The summed E-state index contributed by atoms with van der Waals surface area (Å²) >= 11 is 0. The lowest BCUT2D eigenvalue weighted by atomic mass is 10.0. The maximum absolute atomic E-state index is 13.5. The molecule has 4 rings (SSSR count). The molecule has 0 unspecified atom stereocenters. The van der Waals surface area contributed by atoms with Crippen LogP contribution in [0.3, 0.4) is 0 Å². The lowest BCUT2D eigenvalue weighted by Gasteiger charge is -2.13. The van der Waals surface area contributed by atoms with Crippen LogP contribution in [0.15, 0.2) is 48.8 Å². The van der Waals surface area contributed by atoms with E-state index in [1.807, 2.05) is 0 Å². The minimum atomic E-state index is -4.54. The third-order valence-corrected chi connectivity index (χ3v) is 4.55. The Kier molecular flexibility index (Phi) is 4.69. The van der Waals surface area contributed by atoms with Crippen LogP contribution in [0.2, 0.25) is 0 Å². The molecular weight excluding hydrogens is 397 g/mol. The van der Waals surface area contributed by atoms with Crippen molar-refractivity contribution < 1.29 is 18.0 Å². The Balaban J connectivity index is 1.82. The Hall–Kier alpha value is -3.82. The molecule has 7 nitrogen and oxygen atoms in total. The van der Waals surface area contributed by atoms with Gasteiger partial charge >= 0.3 is 6.18 Å². The van der Waals surface area contributed by atoms with Gasteiger partial charge in [-0.1, -0.05) is 18.2 Å². The quantitative estimate of drug-likeness (QED) is 0.548. The number of carbonyl (C=O) groups excluding carboxylic acids is 1. The van der Waals surface area contributed by atoms with Crippen LogP contribution in [-0.4, -0.2) is 30.7 Å². The summed E-state index contributed by atoms with van der Waals surface area (Å²) in [6.07, 6.45) is -1.73. The minimum absolute atomic E-state index is 0.0597. The SMILES string of the molecule is Cc1ccnnc1NC(=O)c1cnc2c(C)cc(-c3ccccc3C(F)(F)F)nn12. The first-order chi connectivity index (χ1) is 14.3. The highest BCUT2D eigenvalue weighted by Crippen LogP contribution is 2.36. The molecule has 1 amide bonds. The Morgan fingerprint density at radius 3 is 2.60 bits per heavy atom. The molecule has 0 aliphatic heterocycles. The lowest BCUT2D eigenvalue weighted by Crippen LogP contribution is -2.17. The number of hydrogen-bond acceptors (Lipinski definition) is 5. The molecule has 30 heavy (non-hydrogen) atoms. The zero-order valence-electron chi connectivity index (χ0n) is 15.9. The Labute approximate surface area is 168 Å². The van der Waals surface area contributed by atoms with E-state index in [0.29, 0.717) is 16.8 Å². The fourth-order valence-corrected chi connectivity index (χ4v) is 3.05. The molecule has 0 saturated carbocycles. The summed E-state index contributed by atoms with van der Waals surface area (Å²) in [7, 11) is 0. The molecule has 0 bridgehead atoms. The van der Waals surface area contributed by atoms with Crippen molar-refractivity contribution in [2.24, 2.45) is 0 Å². The van der Waals surface area contributed by atoms with Gasteiger partial charge in [-0.3, -0.25) is 4.79 Å². The van der Waals surface area contributed by atoms with Crippen LogP contribution in [0.4, 0.5) is 19.0 Å². The summed E-state index contributed by atoms with van der Waals surface area (Å²) in [6.45, 7) is 3.45. The van der Waals surface area contributed by atoms with Crippen molar-refractivity contribution in [2.75, 3.05) is 5.32 Å². The molecule has 152 valence electrons. The molecule has 1 aromatic carbocycles. The van der Waals surface area contributed by atoms with E-state index in [2.05, 4.69) is 25.6 Å². The van der Waals surface area contributed by atoms with Crippen molar-refractivity contribution in [3.63, 3.8) is 0 Å². The van der Waals surface area contributed by atoms with Gasteiger partial charge in [0.2, 0.25) is 0 Å². The zero-order valence-corrected chi connectivity index (χ0v) is 15.9. The number of nitrogens with one attached hydrogen (secondary N) is 1. The fraction of sp³-hybridized carbons (Fsp3) is 0.150. The van der Waals surface area contributed by atoms with Crippen LogP contribution in [-0.2, 0) is 6.18 Å². The number of aromatic nitrogens is 5. The lowest BCUT2D eigenvalue weighted by molar-refractivity contribution is -0.137. The number of anilines is 1. The highest BCUT2D eigenvalue weighted by Gasteiger charge is 2.34. The maximum Gasteiger partial charge on any atom is 0.417 e. The highest BCUT2D eigenvalue weighted by atomic mass is 19.4. The van der Waals surface area contributed by atoms with Crippen molar-refractivity contribution in [2.45, 2.75) is 20.0 Å². The van der Waals surface area contributed by atoms with Gasteiger partial charge in [0.05, 0.1) is 23.7 Å². The van der Waals surface area contributed by atoms with Crippen LogP contribution in [0.25, 0.3) is 16.9 Å². The second kappa shape index (κ2) is 7.21. The number of benzene rings is 1. The van der Waals surface area contributed by atoms with E-state index in [1.165, 1.54) is 41.2 Å². The molecule has 0 aliphatic rings. The van der Waals surface area contributed by atoms with Gasteiger partial charge in [0.1, 0.15) is 0 Å². The van der Waals surface area contributed by atoms with Gasteiger partial charge in [-0.25, -0.2) is 9.50 Å². The molecule has 10 heteroatoms. The number of rotatable bonds is 3. The first kappa shape index (κ1) is 19.5. The van der Waals surface area contributed by atoms with Gasteiger partial charge in [-0.05, 0) is 43.2 Å². The molecule has 3 aromatic heterocycles. The number of alkyl halides is 3. The molecule has 3 heterocycles. The normalized spacial score (nSPS) is 11.6. The van der Waals surface area contributed by atoms with Crippen molar-refractivity contribution in [3.05, 3.63) is 71.2 Å². The number of carbonyl (C=O) groups is 1. The third kappa shape index (κ3) is 3.47. The summed E-state index contributed by atoms with van der Waals surface area (Å²) in [5.41, 5.74) is 0.893. The average molecular weight is 412 g/mol. The topological polar surface area (TPSA) is 85.1 Å². The van der Waals surface area contributed by atoms with E-state index in [0.717, 1.165) is 6.07 Å². The smallest absolute Gasteiger partial charge is 0.303 e. The first-order valence-electron chi connectivity index (χ1n) is 8.87. The maximum atomic E-state index is 13.5. The number of halogens is 3. The largest absolute Gasteiger partial charge is 0.417 e. The van der Waals surface area contributed by atoms with Crippen molar-refractivity contribution in [1.29, 1.82) is 0 Å². The predicted octanol–water partition coefficient (Wildman–Crippen LogP) is 4.07. The van der Waals surface area contributed by atoms with E-state index in [4.69, 9.17) is 0 Å². The number of imidazole rings is 1. The van der Waals surface area contributed by atoms with E-state index >= 15 is 0 Å². The van der Waals surface area contributed by atoms with Gasteiger partial charge in [-0.15, -0.1) is 5.10 Å². The molecule has 0 saturated heterocycles. The van der Waals surface area contributed by atoms with E-state index in [9.17, 15) is 18.0 Å². The summed E-state index contributed by atoms with van der Waals surface area (Å²) in [5.74, 6) is -0.285. The van der Waals surface area contributed by atoms with Crippen LogP contribution in [0, 0.1) is 13.8 Å². The molecule has 0 atom stereocenters. The number of fused-ring (bicyclic) bond motifs is 1. The van der Waals surface area contributed by atoms with Gasteiger partial charge < -0.3 is 5.32 Å². The fourth-order valence-electron chi connectivity index (χ4n) is 3.05. The number of aryl methyl sites for hydroxylation is 2. The second-order valence-corrected chi connectivity index (χ2v) is 6.65. The van der Waals surface area contributed by atoms with E-state index < -0.39 is 17.6 Å². The molecule has 0 radical (unpaired) electrons. The third-order valence-electron chi connectivity index (χ3n) is 4.55. The predicted molar refractivity (Wildman–Crippen MR) is 103 cm³/mol. The monoisotopic (exact) mass is 412 g/mol. The van der Waals surface area contributed by atoms with E-state index in [1.54, 1.807) is 19.9 Å². The second-order valence-electron chi connectivity index (χ2n) is 6.65. The van der Waals surface area contributed by atoms with Crippen LogP contribution >= 0.6 is 0 Å². The minimum Gasteiger partial charge on any atom is -0.303 e. The summed E-state index contributed by atoms with van der Waals surface area (Å²) in [4.78, 5) is 17.0. The summed E-state index contributed by atoms with van der Waals surface area (Å²) < 4.78 is 41.6. The number of hydrogen-bond donors (Lipinski definition) is 1. The molecule has 0 fully saturated rings. The Bertz CT molecular complexity index is 1270. The van der Waals surface area contributed by atoms with Crippen LogP contribution < -0.4 is 5.32 Å². The van der Waals surface area contributed by atoms with Crippen molar-refractivity contribution in [1.82, 2.24) is 24.8 Å². The van der Waals surface area contributed by atoms with Crippen LogP contribution in [0.5, 0.6) is 0 Å². The number of amides is 1. The molecular formula is C20H15F3N6O. The van der Waals surface area contributed by atoms with Gasteiger partial charge in [-0.2, -0.15) is 23.4 Å². The zero-order chi connectivity index (χ0) is 21.5. The summed E-state index contributed by atoms with van der Waals surface area (Å²) in [6, 6.07) is 8.36. The Morgan fingerprint density at radius 2 is 1.87 bits per heavy atom. The standard InChI is InChI=1S/C20H15F3N6O/c1-11-7-8-25-27-17(11)26-19(30)16-10-24-18-12(2)9-15(28-29(16)18)13-5-3-4-6-14(13)20(21,22)23/h3-10H,1-2H3,(H,26,27,30). The highest BCUT2D eigenvalue weighted by molar-refractivity contribution is 6.03. The molecule has 0 spiro atoms. The van der Waals surface area contributed by atoms with Gasteiger partial charge in [0.15, 0.2) is 17.2 Å². The molecule has 0 aliphatic carbocycles. The number of nitrogens with zero attached hydrogens (tertiary/aromatic N) is 5. The van der Waals surface area contributed by atoms with Gasteiger partial charge in [0, 0.05) is 5.56 Å². The summed E-state index contributed by atoms with van der Waals surface area (Å²) in [5, 5.41) is 14.5. The Morgan fingerprint density at radius 1 is 1.10 bits per heavy atom. The molecule has 4 aromatic rings. The van der Waals surface area contributed by atoms with Crippen molar-refractivity contribution in [3.8, 4) is 11.3 Å². The van der Waals surface area contributed by atoms with Crippen LogP contribution in [0.1, 0.15) is 27.2 Å². The van der Waals surface area contributed by atoms with Gasteiger partial charge in [0.25, 0.3) is 5.91 Å². The van der Waals surface area contributed by atoms with E-state index in [-0.39, 0.29) is 22.8 Å². The van der Waals surface area contributed by atoms with Crippen molar-refractivity contribution >= 4 is 17.4 Å².